The van der Waals surface area contributed by atoms with Crippen LogP contribution in [0.1, 0.15) is 35.5 Å². The smallest absolute Gasteiger partial charge is 0.330 e. The van der Waals surface area contributed by atoms with E-state index in [1.165, 1.54) is 16.7 Å². The summed E-state index contributed by atoms with van der Waals surface area (Å²) in [5.74, 6) is -0.975. The fourth-order valence-electron chi connectivity index (χ4n) is 4.62. The summed E-state index contributed by atoms with van der Waals surface area (Å²) >= 11 is 7.77. The van der Waals surface area contributed by atoms with Gasteiger partial charge in [-0.05, 0) is 32.4 Å². The Labute approximate surface area is 217 Å². The molecule has 5 rings (SSSR count). The fraction of sp³-hybridized carbons (Fsp3) is 0.308. The molecule has 0 radical (unpaired) electrons. The number of carbonyl (C=O) groups is 3. The number of aromatic nitrogens is 1. The lowest BCUT2D eigenvalue weighted by Crippen LogP contribution is -2.70. The van der Waals surface area contributed by atoms with E-state index in [9.17, 15) is 14.4 Å². The van der Waals surface area contributed by atoms with Gasteiger partial charge in [-0.25, -0.2) is 4.79 Å². The summed E-state index contributed by atoms with van der Waals surface area (Å²) in [4.78, 5) is 41.0. The van der Waals surface area contributed by atoms with Crippen molar-refractivity contribution < 1.29 is 23.6 Å². The summed E-state index contributed by atoms with van der Waals surface area (Å²) in [5, 5.41) is 6.88. The van der Waals surface area contributed by atoms with Crippen LogP contribution in [0.3, 0.4) is 0 Å². The van der Waals surface area contributed by atoms with Crippen molar-refractivity contribution in [2.45, 2.75) is 49.6 Å². The van der Waals surface area contributed by atoms with Crippen LogP contribution in [0, 0.1) is 6.92 Å². The number of hydrogen-bond acceptors (Lipinski definition) is 7. The number of ether oxygens (including phenoxy) is 1. The van der Waals surface area contributed by atoms with Crippen LogP contribution < -0.4 is 5.32 Å². The molecule has 0 aliphatic carbocycles. The van der Waals surface area contributed by atoms with Crippen LogP contribution in [0.15, 0.2) is 59.1 Å². The van der Waals surface area contributed by atoms with Crippen LogP contribution in [0.5, 0.6) is 0 Å². The highest BCUT2D eigenvalue weighted by molar-refractivity contribution is 8.01. The molecule has 36 heavy (non-hydrogen) atoms. The van der Waals surface area contributed by atoms with Crippen molar-refractivity contribution in [1.29, 1.82) is 0 Å². The Hall–Kier alpha value is -3.30. The van der Waals surface area contributed by atoms with E-state index in [0.717, 1.165) is 5.56 Å². The van der Waals surface area contributed by atoms with Gasteiger partial charge in [0.25, 0.3) is 5.91 Å². The first-order chi connectivity index (χ1) is 17.2. The third-order valence-corrected chi connectivity index (χ3v) is 8.29. The Morgan fingerprint density at radius 2 is 1.86 bits per heavy atom. The molecule has 2 aliphatic heterocycles. The summed E-state index contributed by atoms with van der Waals surface area (Å²) < 4.78 is 10.2. The summed E-state index contributed by atoms with van der Waals surface area (Å²) in [5.41, 5.74) is 1.95. The van der Waals surface area contributed by atoms with Gasteiger partial charge in [0.15, 0.2) is 0 Å². The Morgan fingerprint density at radius 1 is 1.17 bits per heavy atom. The summed E-state index contributed by atoms with van der Waals surface area (Å²) in [6.45, 7) is 5.55. The normalized spacial score (nSPS) is 22.1. The monoisotopic (exact) mass is 525 g/mol. The van der Waals surface area contributed by atoms with Gasteiger partial charge in [-0.3, -0.25) is 9.59 Å². The summed E-state index contributed by atoms with van der Waals surface area (Å²) in [7, 11) is 0. The van der Waals surface area contributed by atoms with Crippen molar-refractivity contribution in [3.63, 3.8) is 0 Å². The molecule has 1 N–H and O–H groups in total. The van der Waals surface area contributed by atoms with Gasteiger partial charge in [0.05, 0.1) is 5.02 Å². The van der Waals surface area contributed by atoms with Crippen molar-refractivity contribution in [3.8, 4) is 11.3 Å². The molecule has 1 unspecified atom stereocenters. The molecule has 3 atom stereocenters. The Bertz CT molecular complexity index is 1340. The lowest BCUT2D eigenvalue weighted by Gasteiger charge is -2.43. The van der Waals surface area contributed by atoms with Crippen LogP contribution in [0.25, 0.3) is 11.3 Å². The number of fused-ring (bicyclic) bond motifs is 1. The Morgan fingerprint density at radius 3 is 2.58 bits per heavy atom. The maximum atomic E-state index is 13.3. The predicted octanol–water partition coefficient (Wildman–Crippen LogP) is 4.21. The lowest BCUT2D eigenvalue weighted by molar-refractivity contribution is -0.164. The molecule has 8 nitrogen and oxygen atoms in total. The zero-order valence-corrected chi connectivity index (χ0v) is 21.4. The largest absolute Gasteiger partial charge is 0.459 e. The molecular weight excluding hydrogens is 502 g/mol. The van der Waals surface area contributed by atoms with Gasteiger partial charge in [-0.1, -0.05) is 65.3 Å². The molecule has 3 aromatic rings. The highest BCUT2D eigenvalue weighted by atomic mass is 35.5. The van der Waals surface area contributed by atoms with Gasteiger partial charge >= 0.3 is 5.97 Å². The van der Waals surface area contributed by atoms with Crippen molar-refractivity contribution in [1.82, 2.24) is 15.4 Å². The van der Waals surface area contributed by atoms with E-state index in [-0.39, 0.29) is 18.1 Å². The van der Waals surface area contributed by atoms with Crippen LogP contribution in [-0.4, -0.2) is 50.0 Å². The SMILES string of the molecule is Cc1onc(-c2ccccc2Cl)c1C(=O)N[C@@H]1C(=O)N2C(C(=O)OCc3ccccc3)C(C)(C)S[C@H]12. The summed E-state index contributed by atoms with van der Waals surface area (Å²) in [6, 6.07) is 14.8. The molecule has 0 bridgehead atoms. The third-order valence-electron chi connectivity index (χ3n) is 6.39. The minimum absolute atomic E-state index is 0.126. The van der Waals surface area contributed by atoms with Gasteiger partial charge in [0.2, 0.25) is 5.91 Å². The number of nitrogens with zero attached hydrogens (tertiary/aromatic N) is 2. The van der Waals surface area contributed by atoms with E-state index in [1.54, 1.807) is 31.2 Å². The number of aryl methyl sites for hydroxylation is 1. The van der Waals surface area contributed by atoms with Gasteiger partial charge in [0.1, 0.15) is 41.1 Å². The Balaban J connectivity index is 1.31. The number of rotatable bonds is 6. The van der Waals surface area contributed by atoms with Gasteiger partial charge < -0.3 is 19.5 Å². The minimum atomic E-state index is -0.790. The molecule has 10 heteroatoms. The van der Waals surface area contributed by atoms with Crippen LogP contribution in [-0.2, 0) is 20.9 Å². The van der Waals surface area contributed by atoms with Crippen molar-refractivity contribution >= 4 is 41.1 Å². The average molecular weight is 526 g/mol. The average Bonchev–Trinajstić information content (AvgIpc) is 3.36. The molecular formula is C26H24ClN3O5S. The topological polar surface area (TPSA) is 102 Å². The number of hydrogen-bond donors (Lipinski definition) is 1. The van der Waals surface area contributed by atoms with Gasteiger partial charge in [-0.15, -0.1) is 11.8 Å². The maximum absolute atomic E-state index is 13.3. The molecule has 3 heterocycles. The van der Waals surface area contributed by atoms with Gasteiger partial charge in [-0.2, -0.15) is 0 Å². The molecule has 2 saturated heterocycles. The molecule has 0 spiro atoms. The second-order valence-corrected chi connectivity index (χ2v) is 11.4. The number of nitrogens with one attached hydrogen (secondary N) is 1. The fourth-order valence-corrected chi connectivity index (χ4v) is 6.47. The maximum Gasteiger partial charge on any atom is 0.330 e. The standard InChI is InChI=1S/C26H24ClN3O5S/c1-14-18(19(29-35-14)16-11-7-8-12-17(16)27)22(31)28-20-23(32)30-21(26(2,3)36-24(20)30)25(33)34-13-15-9-5-4-6-10-15/h4-12,20-21,24H,13H2,1-3H3,(H,28,31)/t20-,21?,24-/m1/s1. The van der Waals surface area contributed by atoms with E-state index in [2.05, 4.69) is 10.5 Å². The summed E-state index contributed by atoms with van der Waals surface area (Å²) in [6.07, 6.45) is 0. The Kier molecular flexibility index (Phi) is 6.30. The number of carbonyl (C=O) groups excluding carboxylic acids is 3. The van der Waals surface area contributed by atoms with Crippen LogP contribution in [0.4, 0.5) is 0 Å². The van der Waals surface area contributed by atoms with E-state index in [1.807, 2.05) is 44.2 Å². The van der Waals surface area contributed by atoms with E-state index < -0.39 is 34.1 Å². The van der Waals surface area contributed by atoms with E-state index >= 15 is 0 Å². The molecule has 2 fully saturated rings. The molecule has 2 aliphatic rings. The number of benzene rings is 2. The van der Waals surface area contributed by atoms with E-state index in [4.69, 9.17) is 20.9 Å². The van der Waals surface area contributed by atoms with Crippen LogP contribution in [0.2, 0.25) is 5.02 Å². The number of thioether (sulfide) groups is 1. The first kappa shape index (κ1) is 24.4. The first-order valence-corrected chi connectivity index (χ1v) is 12.7. The lowest BCUT2D eigenvalue weighted by atomic mass is 9.95. The minimum Gasteiger partial charge on any atom is -0.459 e. The zero-order chi connectivity index (χ0) is 25.6. The number of β-lactam (4-membered cyclic amide) rings is 1. The van der Waals surface area contributed by atoms with Crippen LogP contribution >= 0.6 is 23.4 Å². The first-order valence-electron chi connectivity index (χ1n) is 11.4. The number of halogens is 1. The van der Waals surface area contributed by atoms with Gasteiger partial charge in [0, 0.05) is 10.3 Å². The predicted molar refractivity (Wildman–Crippen MR) is 135 cm³/mol. The molecule has 2 amide bonds. The quantitative estimate of drug-likeness (QED) is 0.380. The number of amides is 2. The highest BCUT2D eigenvalue weighted by Crippen LogP contribution is 2.51. The zero-order valence-electron chi connectivity index (χ0n) is 19.9. The molecule has 186 valence electrons. The van der Waals surface area contributed by atoms with Crippen molar-refractivity contribution in [3.05, 3.63) is 76.5 Å². The van der Waals surface area contributed by atoms with E-state index in [0.29, 0.717) is 22.0 Å². The highest BCUT2D eigenvalue weighted by Gasteiger charge is 2.64. The second-order valence-electron chi connectivity index (χ2n) is 9.25. The molecule has 1 aromatic heterocycles. The molecule has 0 saturated carbocycles. The number of esters is 1. The second kappa shape index (κ2) is 9.29. The third kappa shape index (κ3) is 4.16. The van der Waals surface area contributed by atoms with Crippen molar-refractivity contribution in [2.75, 3.05) is 0 Å². The van der Waals surface area contributed by atoms with Crippen molar-refractivity contribution in [2.24, 2.45) is 0 Å². The molecule has 2 aromatic carbocycles.